The molecule has 0 N–H and O–H groups in total. The fraction of sp³-hybridized carbons (Fsp3) is 1.00. The Balaban J connectivity index is 2.41. The van der Waals surface area contributed by atoms with Gasteiger partial charge in [-0.2, -0.15) is 0 Å². The van der Waals surface area contributed by atoms with Crippen molar-refractivity contribution in [2.24, 2.45) is 11.3 Å². The predicted molar refractivity (Wildman–Crippen MR) is 72.0 cm³/mol. The van der Waals surface area contributed by atoms with Gasteiger partial charge in [-0.3, -0.25) is 0 Å². The highest BCUT2D eigenvalue weighted by molar-refractivity contribution is 4.81. The summed E-state index contributed by atoms with van der Waals surface area (Å²) in [4.78, 5) is 0. The number of rotatable bonds is 7. The average Bonchev–Trinajstić information content (AvgIpc) is 2.37. The lowest BCUT2D eigenvalue weighted by Crippen LogP contribution is -2.43. The summed E-state index contributed by atoms with van der Waals surface area (Å²) in [5, 5.41) is 0. The van der Waals surface area contributed by atoms with E-state index < -0.39 is 0 Å². The molecule has 102 valence electrons. The van der Waals surface area contributed by atoms with Crippen molar-refractivity contribution in [1.82, 2.24) is 0 Å². The van der Waals surface area contributed by atoms with Crippen LogP contribution in [-0.4, -0.2) is 19.5 Å². The molecule has 1 atom stereocenters. The van der Waals surface area contributed by atoms with Crippen LogP contribution in [0.1, 0.15) is 66.2 Å². The van der Waals surface area contributed by atoms with Crippen LogP contribution in [0.4, 0.5) is 0 Å². The van der Waals surface area contributed by atoms with E-state index in [0.717, 1.165) is 13.2 Å². The topological polar surface area (TPSA) is 18.5 Å². The molecule has 0 amide bonds. The summed E-state index contributed by atoms with van der Waals surface area (Å²) >= 11 is 0. The second kappa shape index (κ2) is 7.38. The Bertz CT molecular complexity index is 195. The van der Waals surface area contributed by atoms with Gasteiger partial charge in [-0.15, -0.1) is 0 Å². The van der Waals surface area contributed by atoms with Crippen LogP contribution in [0.3, 0.4) is 0 Å². The van der Waals surface area contributed by atoms with E-state index in [2.05, 4.69) is 27.7 Å². The summed E-state index contributed by atoms with van der Waals surface area (Å²) in [6, 6.07) is 0. The summed E-state index contributed by atoms with van der Waals surface area (Å²) in [5.41, 5.74) is 0.290. The van der Waals surface area contributed by atoms with Gasteiger partial charge in [0.25, 0.3) is 0 Å². The molecule has 0 radical (unpaired) electrons. The fourth-order valence-corrected chi connectivity index (χ4v) is 2.60. The summed E-state index contributed by atoms with van der Waals surface area (Å²) in [6.07, 6.45) is 7.40. The third-order valence-corrected chi connectivity index (χ3v) is 4.13. The molecule has 2 heteroatoms. The Labute approximate surface area is 107 Å². The van der Waals surface area contributed by atoms with Gasteiger partial charge in [0.2, 0.25) is 0 Å². The van der Waals surface area contributed by atoms with Gasteiger partial charge in [-0.05, 0) is 19.3 Å². The van der Waals surface area contributed by atoms with Crippen molar-refractivity contribution in [3.63, 3.8) is 0 Å². The van der Waals surface area contributed by atoms with E-state index in [9.17, 15) is 0 Å². The van der Waals surface area contributed by atoms with Crippen molar-refractivity contribution < 1.29 is 9.47 Å². The average molecular weight is 242 g/mol. The van der Waals surface area contributed by atoms with Gasteiger partial charge in [0.15, 0.2) is 6.29 Å². The van der Waals surface area contributed by atoms with Gasteiger partial charge >= 0.3 is 0 Å². The number of unbranched alkanes of at least 4 members (excludes halogenated alkanes) is 1. The molecule has 0 aliphatic carbocycles. The molecule has 0 spiro atoms. The van der Waals surface area contributed by atoms with E-state index in [4.69, 9.17) is 9.47 Å². The Morgan fingerprint density at radius 3 is 2.24 bits per heavy atom. The first kappa shape index (κ1) is 15.0. The summed E-state index contributed by atoms with van der Waals surface area (Å²) < 4.78 is 11.9. The monoisotopic (exact) mass is 242 g/mol. The summed E-state index contributed by atoms with van der Waals surface area (Å²) in [6.45, 7) is 10.7. The predicted octanol–water partition coefficient (Wildman–Crippen LogP) is 4.38. The molecule has 1 heterocycles. The minimum Gasteiger partial charge on any atom is -0.352 e. The van der Waals surface area contributed by atoms with E-state index in [1.54, 1.807) is 0 Å². The molecule has 1 aliphatic rings. The maximum absolute atomic E-state index is 5.97. The van der Waals surface area contributed by atoms with Crippen molar-refractivity contribution in [2.45, 2.75) is 72.5 Å². The van der Waals surface area contributed by atoms with E-state index in [-0.39, 0.29) is 6.29 Å². The number of hydrogen-bond donors (Lipinski definition) is 0. The molecule has 1 aliphatic heterocycles. The first-order valence-corrected chi connectivity index (χ1v) is 7.40. The minimum absolute atomic E-state index is 0.0382. The van der Waals surface area contributed by atoms with Crippen LogP contribution in [0, 0.1) is 11.3 Å². The van der Waals surface area contributed by atoms with E-state index in [1.807, 2.05) is 0 Å². The first-order valence-electron chi connectivity index (χ1n) is 7.40. The Kier molecular flexibility index (Phi) is 6.50. The zero-order chi connectivity index (χ0) is 12.7. The van der Waals surface area contributed by atoms with Crippen molar-refractivity contribution in [1.29, 1.82) is 0 Å². The second-order valence-electron chi connectivity index (χ2n) is 5.71. The molecule has 0 aromatic heterocycles. The highest BCUT2D eigenvalue weighted by Gasteiger charge is 2.36. The third kappa shape index (κ3) is 4.26. The maximum atomic E-state index is 5.97. The summed E-state index contributed by atoms with van der Waals surface area (Å²) in [7, 11) is 0. The van der Waals surface area contributed by atoms with Crippen molar-refractivity contribution >= 4 is 0 Å². The molecular formula is C15H30O2. The van der Waals surface area contributed by atoms with Gasteiger partial charge in [0.05, 0.1) is 13.2 Å². The van der Waals surface area contributed by atoms with Crippen LogP contribution in [-0.2, 0) is 9.47 Å². The lowest BCUT2D eigenvalue weighted by molar-refractivity contribution is -0.251. The molecule has 2 nitrogen and oxygen atoms in total. The molecule has 1 fully saturated rings. The first-order chi connectivity index (χ1) is 8.17. The lowest BCUT2D eigenvalue weighted by Gasteiger charge is -2.41. The zero-order valence-electron chi connectivity index (χ0n) is 12.1. The van der Waals surface area contributed by atoms with Crippen LogP contribution in [0.2, 0.25) is 0 Å². The summed E-state index contributed by atoms with van der Waals surface area (Å²) in [5.74, 6) is 0.529. The van der Waals surface area contributed by atoms with Crippen molar-refractivity contribution in [3.05, 3.63) is 0 Å². The second-order valence-corrected chi connectivity index (χ2v) is 5.71. The van der Waals surface area contributed by atoms with Crippen molar-refractivity contribution in [2.75, 3.05) is 13.2 Å². The van der Waals surface area contributed by atoms with Crippen molar-refractivity contribution in [3.8, 4) is 0 Å². The smallest absolute Gasteiger partial charge is 0.160 e. The Hall–Kier alpha value is -0.0800. The highest BCUT2D eigenvalue weighted by Crippen LogP contribution is 2.35. The Morgan fingerprint density at radius 1 is 1.12 bits per heavy atom. The van der Waals surface area contributed by atoms with Crippen LogP contribution < -0.4 is 0 Å². The number of hydrogen-bond acceptors (Lipinski definition) is 2. The van der Waals surface area contributed by atoms with Crippen LogP contribution in [0.15, 0.2) is 0 Å². The van der Waals surface area contributed by atoms with E-state index in [0.29, 0.717) is 11.3 Å². The molecule has 0 bridgehead atoms. The molecule has 1 rings (SSSR count). The maximum Gasteiger partial charge on any atom is 0.160 e. The van der Waals surface area contributed by atoms with E-state index >= 15 is 0 Å². The van der Waals surface area contributed by atoms with Gasteiger partial charge in [0.1, 0.15) is 0 Å². The van der Waals surface area contributed by atoms with E-state index in [1.165, 1.54) is 38.5 Å². The fourth-order valence-electron chi connectivity index (χ4n) is 2.60. The highest BCUT2D eigenvalue weighted by atomic mass is 16.7. The normalized spacial score (nSPS) is 31.4. The Morgan fingerprint density at radius 2 is 1.76 bits per heavy atom. The minimum atomic E-state index is 0.0382. The van der Waals surface area contributed by atoms with Gasteiger partial charge in [0, 0.05) is 11.3 Å². The molecular weight excluding hydrogens is 212 g/mol. The van der Waals surface area contributed by atoms with Crippen LogP contribution >= 0.6 is 0 Å². The molecule has 1 unspecified atom stereocenters. The SMILES string of the molecule is CCCCC1(CC)COC(C(C)CCC)OC1. The quantitative estimate of drug-likeness (QED) is 0.659. The van der Waals surface area contributed by atoms with Crippen LogP contribution in [0.25, 0.3) is 0 Å². The lowest BCUT2D eigenvalue weighted by atomic mass is 9.81. The van der Waals surface area contributed by atoms with Crippen LogP contribution in [0.5, 0.6) is 0 Å². The number of ether oxygens (including phenoxy) is 2. The largest absolute Gasteiger partial charge is 0.352 e. The van der Waals surface area contributed by atoms with Gasteiger partial charge < -0.3 is 9.47 Å². The third-order valence-electron chi connectivity index (χ3n) is 4.13. The molecule has 0 aromatic rings. The molecule has 0 aromatic carbocycles. The van der Waals surface area contributed by atoms with Gasteiger partial charge in [-0.25, -0.2) is 0 Å². The molecule has 17 heavy (non-hydrogen) atoms. The molecule has 0 saturated carbocycles. The molecule has 1 saturated heterocycles. The zero-order valence-corrected chi connectivity index (χ0v) is 12.1. The standard InChI is InChI=1S/C15H30O2/c1-5-8-10-15(7-3)11-16-14(17-12-15)13(4)9-6-2/h13-14H,5-12H2,1-4H3. The van der Waals surface area contributed by atoms with Gasteiger partial charge in [-0.1, -0.05) is 47.0 Å².